The lowest BCUT2D eigenvalue weighted by atomic mass is 9.94. The molecule has 10 heteroatoms. The third-order valence-corrected chi connectivity index (χ3v) is 8.36. The van der Waals surface area contributed by atoms with Gasteiger partial charge in [0, 0.05) is 18.7 Å². The number of hydrogen-bond donors (Lipinski definition) is 2. The van der Waals surface area contributed by atoms with E-state index >= 15 is 0 Å². The number of benzene rings is 2. The van der Waals surface area contributed by atoms with Crippen molar-refractivity contribution in [2.45, 2.75) is 29.4 Å². The van der Waals surface area contributed by atoms with Crippen LogP contribution >= 0.6 is 0 Å². The van der Waals surface area contributed by atoms with Crippen LogP contribution in [0.5, 0.6) is 11.5 Å². The Morgan fingerprint density at radius 1 is 1.06 bits per heavy atom. The van der Waals surface area contributed by atoms with Gasteiger partial charge in [0.2, 0.25) is 0 Å². The zero-order valence-electron chi connectivity index (χ0n) is 18.9. The van der Waals surface area contributed by atoms with Crippen molar-refractivity contribution >= 4 is 21.7 Å². The number of sulfone groups is 1. The zero-order chi connectivity index (χ0) is 24.8. The second-order valence-electron chi connectivity index (χ2n) is 7.65. The van der Waals surface area contributed by atoms with Crippen molar-refractivity contribution in [3.8, 4) is 23.3 Å². The lowest BCUT2D eigenvalue weighted by Crippen LogP contribution is -2.58. The Balaban J connectivity index is 1.81. The molecule has 1 saturated heterocycles. The van der Waals surface area contributed by atoms with E-state index in [1.807, 2.05) is 0 Å². The molecule has 0 spiro atoms. The van der Waals surface area contributed by atoms with Gasteiger partial charge in [0.05, 0.1) is 12.0 Å². The molecular formula is C24H26N2O7S. The molecular weight excluding hydrogens is 460 g/mol. The predicted molar refractivity (Wildman–Crippen MR) is 123 cm³/mol. The Morgan fingerprint density at radius 2 is 1.65 bits per heavy atom. The van der Waals surface area contributed by atoms with Gasteiger partial charge in [-0.15, -0.1) is 5.92 Å². The third-order valence-electron chi connectivity index (χ3n) is 5.85. The summed E-state index contributed by atoms with van der Waals surface area (Å²) >= 11 is 0. The maximum Gasteiger partial charge on any atom is 0.265 e. The molecule has 9 nitrogen and oxygen atoms in total. The molecule has 0 radical (unpaired) electrons. The van der Waals surface area contributed by atoms with Gasteiger partial charge in [-0.2, -0.15) is 0 Å². The number of likely N-dealkylation sites (tertiary alicyclic amines) is 1. The van der Waals surface area contributed by atoms with Gasteiger partial charge in [0.15, 0.2) is 14.6 Å². The Morgan fingerprint density at radius 3 is 2.18 bits per heavy atom. The first-order chi connectivity index (χ1) is 16.3. The van der Waals surface area contributed by atoms with Gasteiger partial charge >= 0.3 is 0 Å². The van der Waals surface area contributed by atoms with Crippen molar-refractivity contribution in [2.75, 3.05) is 26.8 Å². The largest absolute Gasteiger partial charge is 0.497 e. The molecule has 1 aliphatic heterocycles. The number of carbonyl (C=O) groups is 2. The molecule has 1 aliphatic rings. The second-order valence-corrected chi connectivity index (χ2v) is 9.91. The minimum atomic E-state index is -4.21. The van der Waals surface area contributed by atoms with Crippen molar-refractivity contribution in [3.63, 3.8) is 0 Å². The van der Waals surface area contributed by atoms with Gasteiger partial charge in [0.25, 0.3) is 11.8 Å². The normalized spacial score (nSPS) is 15.0. The maximum atomic E-state index is 13.5. The highest BCUT2D eigenvalue weighted by Crippen LogP contribution is 2.37. The highest BCUT2D eigenvalue weighted by atomic mass is 32.2. The number of piperidine rings is 1. The van der Waals surface area contributed by atoms with Crippen LogP contribution in [-0.4, -0.2) is 61.9 Å². The number of methoxy groups -OCH3 is 1. The standard InChI is InChI=1S/C24H26N2O7S/c1-3-4-17-33-20-9-11-21(12-10-20)34(30,31)24(23(28)25-29)13-15-26(16-14-24)22(27)18-5-7-19(32-2)8-6-18/h5-12,29H,13-17H2,1-2H3,(H,25,28). The molecule has 0 aliphatic carbocycles. The van der Waals surface area contributed by atoms with Crippen molar-refractivity contribution in [1.29, 1.82) is 0 Å². The van der Waals surface area contributed by atoms with Crippen LogP contribution in [0, 0.1) is 11.8 Å². The lowest BCUT2D eigenvalue weighted by Gasteiger charge is -2.39. The van der Waals surface area contributed by atoms with Crippen LogP contribution in [-0.2, 0) is 14.6 Å². The summed E-state index contributed by atoms with van der Waals surface area (Å²) in [6.45, 7) is 1.89. The van der Waals surface area contributed by atoms with Gasteiger partial charge in [-0.1, -0.05) is 5.92 Å². The molecule has 34 heavy (non-hydrogen) atoms. The van der Waals surface area contributed by atoms with Crippen molar-refractivity contribution in [2.24, 2.45) is 0 Å². The number of amides is 2. The molecule has 2 N–H and O–H groups in total. The summed E-state index contributed by atoms with van der Waals surface area (Å²) in [5.41, 5.74) is 1.93. The molecule has 0 bridgehead atoms. The maximum absolute atomic E-state index is 13.5. The van der Waals surface area contributed by atoms with Crippen LogP contribution in [0.15, 0.2) is 53.4 Å². The average molecular weight is 487 g/mol. The van der Waals surface area contributed by atoms with Crippen LogP contribution in [0.2, 0.25) is 0 Å². The fourth-order valence-electron chi connectivity index (χ4n) is 3.84. The number of carbonyl (C=O) groups excluding carboxylic acids is 2. The van der Waals surface area contributed by atoms with Crippen molar-refractivity contribution in [3.05, 3.63) is 54.1 Å². The summed E-state index contributed by atoms with van der Waals surface area (Å²) in [5.74, 6) is 5.17. The number of nitrogens with one attached hydrogen (secondary N) is 1. The van der Waals surface area contributed by atoms with E-state index < -0.39 is 20.5 Å². The molecule has 0 saturated carbocycles. The molecule has 0 atom stereocenters. The smallest absolute Gasteiger partial charge is 0.265 e. The van der Waals surface area contributed by atoms with Crippen LogP contribution in [0.25, 0.3) is 0 Å². The van der Waals surface area contributed by atoms with Crippen LogP contribution in [0.4, 0.5) is 0 Å². The summed E-state index contributed by atoms with van der Waals surface area (Å²) in [5, 5.41) is 9.34. The van der Waals surface area contributed by atoms with Crippen molar-refractivity contribution in [1.82, 2.24) is 10.4 Å². The van der Waals surface area contributed by atoms with Gasteiger partial charge in [-0.3, -0.25) is 14.8 Å². The minimum Gasteiger partial charge on any atom is -0.497 e. The topological polar surface area (TPSA) is 122 Å². The fraction of sp³-hybridized carbons (Fsp3) is 0.333. The number of hydroxylamine groups is 1. The van der Waals surface area contributed by atoms with Gasteiger partial charge < -0.3 is 14.4 Å². The molecule has 0 aromatic heterocycles. The molecule has 1 heterocycles. The van der Waals surface area contributed by atoms with Crippen LogP contribution in [0.3, 0.4) is 0 Å². The number of rotatable bonds is 7. The number of hydrogen-bond acceptors (Lipinski definition) is 7. The molecule has 2 amide bonds. The van der Waals surface area contributed by atoms with E-state index in [1.165, 1.54) is 41.8 Å². The van der Waals surface area contributed by atoms with E-state index in [-0.39, 0.29) is 43.3 Å². The Bertz CT molecular complexity index is 1190. The summed E-state index contributed by atoms with van der Waals surface area (Å²) in [6.07, 6.45) is -0.345. The molecule has 2 aromatic carbocycles. The molecule has 2 aromatic rings. The molecule has 1 fully saturated rings. The van der Waals surface area contributed by atoms with E-state index in [1.54, 1.807) is 31.2 Å². The Labute approximate surface area is 198 Å². The predicted octanol–water partition coefficient (Wildman–Crippen LogP) is 2.05. The summed E-state index contributed by atoms with van der Waals surface area (Å²) in [6, 6.07) is 12.2. The fourth-order valence-corrected chi connectivity index (χ4v) is 5.79. The van der Waals surface area contributed by atoms with E-state index in [9.17, 15) is 23.2 Å². The second kappa shape index (κ2) is 10.6. The SMILES string of the molecule is CC#CCOc1ccc(S(=O)(=O)C2(C(=O)NO)CCN(C(=O)c3ccc(OC)cc3)CC2)cc1. The Kier molecular flexibility index (Phi) is 7.81. The molecule has 3 rings (SSSR count). The van der Waals surface area contributed by atoms with Crippen molar-refractivity contribution < 1.29 is 32.7 Å². The van der Waals surface area contributed by atoms with Crippen LogP contribution < -0.4 is 15.0 Å². The highest BCUT2D eigenvalue weighted by molar-refractivity contribution is 7.93. The summed E-state index contributed by atoms with van der Waals surface area (Å²) in [7, 11) is -2.69. The van der Waals surface area contributed by atoms with E-state index in [4.69, 9.17) is 9.47 Å². The highest BCUT2D eigenvalue weighted by Gasteiger charge is 2.53. The Hall–Kier alpha value is -3.55. The summed E-state index contributed by atoms with van der Waals surface area (Å²) in [4.78, 5) is 27.0. The van der Waals surface area contributed by atoms with Gasteiger partial charge in [-0.05, 0) is 68.3 Å². The monoisotopic (exact) mass is 486 g/mol. The first-order valence-electron chi connectivity index (χ1n) is 10.5. The first kappa shape index (κ1) is 25.1. The van der Waals surface area contributed by atoms with Gasteiger partial charge in [-0.25, -0.2) is 13.9 Å². The van der Waals surface area contributed by atoms with E-state index in [0.717, 1.165) is 0 Å². The van der Waals surface area contributed by atoms with Gasteiger partial charge in [0.1, 0.15) is 18.1 Å². The average Bonchev–Trinajstić information content (AvgIpc) is 2.88. The van der Waals surface area contributed by atoms with Crippen LogP contribution in [0.1, 0.15) is 30.1 Å². The first-order valence-corrected chi connectivity index (χ1v) is 12.0. The quantitative estimate of drug-likeness (QED) is 0.349. The summed E-state index contributed by atoms with van der Waals surface area (Å²) < 4.78 is 35.7. The van der Waals surface area contributed by atoms with E-state index in [2.05, 4.69) is 11.8 Å². The van der Waals surface area contributed by atoms with E-state index in [0.29, 0.717) is 17.1 Å². The number of ether oxygens (including phenoxy) is 2. The lowest BCUT2D eigenvalue weighted by molar-refractivity contribution is -0.133. The molecule has 0 unspecified atom stereocenters. The number of nitrogens with zero attached hydrogens (tertiary/aromatic N) is 1. The minimum absolute atomic E-state index is 0.0222. The molecule has 180 valence electrons. The third kappa shape index (κ3) is 4.85. The zero-order valence-corrected chi connectivity index (χ0v) is 19.7.